The Balaban J connectivity index is -0.000000302. The maximum atomic E-state index is 10.0. The molecule has 1 aromatic carbocycles. The largest absolute Gasteiger partial charge is 2.00 e. The van der Waals surface area contributed by atoms with Crippen molar-refractivity contribution in [2.75, 3.05) is 0 Å². The summed E-state index contributed by atoms with van der Waals surface area (Å²) in [5.74, 6) is -0.0845. The van der Waals surface area contributed by atoms with Crippen LogP contribution in [0.5, 0.6) is 5.75 Å². The van der Waals surface area contributed by atoms with E-state index in [1.807, 2.05) is 24.3 Å². The van der Waals surface area contributed by atoms with E-state index < -0.39 is 18.3 Å². The number of benzene rings is 1. The molecule has 4 N–H and O–H groups in total. The Hall–Kier alpha value is -0.109. The Kier molecular flexibility index (Phi) is 9.71. The fourth-order valence-corrected chi connectivity index (χ4v) is 1.59. The molecule has 110 valence electrons. The summed E-state index contributed by atoms with van der Waals surface area (Å²) < 4.78 is 5.19. The molecule has 5 nitrogen and oxygen atoms in total. The topological polar surface area (TPSA) is 92.8 Å². The second-order valence-electron chi connectivity index (χ2n) is 4.83. The van der Waals surface area contributed by atoms with Gasteiger partial charge < -0.3 is 23.5 Å². The van der Waals surface area contributed by atoms with Gasteiger partial charge in [-0.1, -0.05) is 32.0 Å². The number of aryl methyl sites for hydroxylation is 1. The average molecular weight is 357 g/mol. The standard InChI is InChI=1S/C9H10O2.C5H11NO2.Sr.2H/c10-9-6-5-7-3-1-2-4-8(7)11-9;1-3(2)4(6)5(7)8;;;/h1-4,9-10H,5-6H2;3-4H,6H2,1-2H3,(H,7,8);;;/q;;+2;2*-1/t;4-;;;/m.0.../s1. The van der Waals surface area contributed by atoms with E-state index in [0.717, 1.165) is 12.2 Å². The Labute approximate surface area is 159 Å². The first kappa shape index (κ1) is 19.9. The van der Waals surface area contributed by atoms with E-state index in [0.29, 0.717) is 6.42 Å². The maximum Gasteiger partial charge on any atom is 2.00 e. The Bertz CT molecular complexity index is 435. The summed E-state index contributed by atoms with van der Waals surface area (Å²) in [5.41, 5.74) is 6.35. The molecule has 1 aromatic rings. The maximum absolute atomic E-state index is 10.0. The molecule has 0 saturated heterocycles. The smallest absolute Gasteiger partial charge is 1.00 e. The van der Waals surface area contributed by atoms with Crippen LogP contribution in [-0.4, -0.2) is 74.0 Å². The molecule has 1 aliphatic heterocycles. The third kappa shape index (κ3) is 6.56. The Morgan fingerprint density at radius 2 is 2.05 bits per heavy atom. The molecule has 1 unspecified atom stereocenters. The number of para-hydroxylation sites is 1. The van der Waals surface area contributed by atoms with E-state index in [4.69, 9.17) is 20.7 Å². The molecule has 0 aliphatic carbocycles. The van der Waals surface area contributed by atoms with Gasteiger partial charge in [0.2, 0.25) is 0 Å². The molecule has 2 atom stereocenters. The minimum atomic E-state index is -0.931. The number of aliphatic carboxylic acids is 1. The van der Waals surface area contributed by atoms with E-state index in [1.165, 1.54) is 5.56 Å². The fraction of sp³-hybridized carbons (Fsp3) is 0.500. The van der Waals surface area contributed by atoms with Gasteiger partial charge in [0, 0.05) is 6.42 Å². The molecule has 0 saturated carbocycles. The number of ether oxygens (including phenoxy) is 1. The second-order valence-corrected chi connectivity index (χ2v) is 4.83. The fourth-order valence-electron chi connectivity index (χ4n) is 1.59. The average Bonchev–Trinajstić information content (AvgIpc) is 2.38. The Morgan fingerprint density at radius 1 is 1.45 bits per heavy atom. The van der Waals surface area contributed by atoms with Crippen LogP contribution in [0.4, 0.5) is 0 Å². The number of carboxylic acids is 1. The van der Waals surface area contributed by atoms with Gasteiger partial charge >= 0.3 is 51.5 Å². The first-order valence-corrected chi connectivity index (χ1v) is 6.32. The van der Waals surface area contributed by atoms with Crippen molar-refractivity contribution in [3.63, 3.8) is 0 Å². The van der Waals surface area contributed by atoms with Gasteiger partial charge in [0.05, 0.1) is 0 Å². The molecular formula is C14H23NO4Sr. The van der Waals surface area contributed by atoms with Crippen molar-refractivity contribution >= 4 is 51.5 Å². The summed E-state index contributed by atoms with van der Waals surface area (Å²) in [6.07, 6.45) is 1.01. The van der Waals surface area contributed by atoms with Crippen LogP contribution < -0.4 is 10.5 Å². The summed E-state index contributed by atoms with van der Waals surface area (Å²) in [5, 5.41) is 17.4. The third-order valence-corrected chi connectivity index (χ3v) is 2.90. The van der Waals surface area contributed by atoms with E-state index in [1.54, 1.807) is 13.8 Å². The molecule has 0 bridgehead atoms. The number of carbonyl (C=O) groups is 1. The molecule has 0 fully saturated rings. The SMILES string of the molecule is CC(C)[C@H](N)C(=O)O.OC1CCc2ccccc2O1.[H-].[H-].[Sr+2]. The number of aliphatic hydroxyl groups is 1. The molecule has 20 heavy (non-hydrogen) atoms. The summed E-state index contributed by atoms with van der Waals surface area (Å²) >= 11 is 0. The zero-order valence-corrected chi connectivity index (χ0v) is 15.4. The third-order valence-electron chi connectivity index (χ3n) is 2.90. The van der Waals surface area contributed by atoms with E-state index >= 15 is 0 Å². The zero-order chi connectivity index (χ0) is 14.4. The number of nitrogens with two attached hydrogens (primary N) is 1. The number of hydrogen-bond donors (Lipinski definition) is 3. The van der Waals surface area contributed by atoms with Gasteiger partial charge in [-0.3, -0.25) is 4.79 Å². The van der Waals surface area contributed by atoms with Gasteiger partial charge in [-0.15, -0.1) is 0 Å². The van der Waals surface area contributed by atoms with Crippen LogP contribution in [0, 0.1) is 5.92 Å². The van der Waals surface area contributed by atoms with Crippen molar-refractivity contribution in [1.82, 2.24) is 0 Å². The van der Waals surface area contributed by atoms with Crippen LogP contribution in [-0.2, 0) is 11.2 Å². The van der Waals surface area contributed by atoms with Crippen molar-refractivity contribution < 1.29 is 22.6 Å². The first-order chi connectivity index (χ1) is 8.91. The zero-order valence-electron chi connectivity index (χ0n) is 14.0. The van der Waals surface area contributed by atoms with Gasteiger partial charge in [0.1, 0.15) is 11.8 Å². The molecule has 1 heterocycles. The normalized spacial score (nSPS) is 17.8. The van der Waals surface area contributed by atoms with E-state index in [9.17, 15) is 4.79 Å². The van der Waals surface area contributed by atoms with Crippen molar-refractivity contribution in [3.8, 4) is 5.75 Å². The van der Waals surface area contributed by atoms with E-state index in [-0.39, 0.29) is 54.3 Å². The second kappa shape index (κ2) is 9.76. The minimum Gasteiger partial charge on any atom is -1.00 e. The van der Waals surface area contributed by atoms with Crippen LogP contribution >= 0.6 is 0 Å². The van der Waals surface area contributed by atoms with E-state index in [2.05, 4.69) is 0 Å². The van der Waals surface area contributed by atoms with Crippen LogP contribution in [0.2, 0.25) is 0 Å². The van der Waals surface area contributed by atoms with Crippen LogP contribution in [0.25, 0.3) is 0 Å². The van der Waals surface area contributed by atoms with Crippen LogP contribution in [0.15, 0.2) is 24.3 Å². The van der Waals surface area contributed by atoms with Gasteiger partial charge in [-0.2, -0.15) is 0 Å². The molecule has 0 radical (unpaired) electrons. The summed E-state index contributed by atoms with van der Waals surface area (Å²) in [6, 6.07) is 7.10. The molecule has 2 rings (SSSR count). The predicted octanol–water partition coefficient (Wildman–Crippen LogP) is 1.23. The molecule has 1 aliphatic rings. The summed E-state index contributed by atoms with van der Waals surface area (Å²) in [6.45, 7) is 3.55. The molecule has 0 spiro atoms. The summed E-state index contributed by atoms with van der Waals surface area (Å²) in [4.78, 5) is 10.0. The number of aliphatic hydroxyl groups excluding tert-OH is 1. The van der Waals surface area contributed by atoms with Crippen LogP contribution in [0.1, 0.15) is 28.7 Å². The predicted molar refractivity (Wildman–Crippen MR) is 79.8 cm³/mol. The van der Waals surface area contributed by atoms with Crippen molar-refractivity contribution in [3.05, 3.63) is 29.8 Å². The van der Waals surface area contributed by atoms with Gasteiger partial charge in [0.15, 0.2) is 6.29 Å². The molecular weight excluding hydrogens is 334 g/mol. The van der Waals surface area contributed by atoms with Crippen molar-refractivity contribution in [2.24, 2.45) is 11.7 Å². The summed E-state index contributed by atoms with van der Waals surface area (Å²) in [7, 11) is 0. The molecule has 0 amide bonds. The van der Waals surface area contributed by atoms with Crippen molar-refractivity contribution in [2.45, 2.75) is 39.0 Å². The van der Waals surface area contributed by atoms with Gasteiger partial charge in [-0.05, 0) is 24.0 Å². The monoisotopic (exact) mass is 357 g/mol. The number of rotatable bonds is 2. The van der Waals surface area contributed by atoms with Gasteiger partial charge in [-0.25, -0.2) is 0 Å². The Morgan fingerprint density at radius 3 is 2.55 bits per heavy atom. The van der Waals surface area contributed by atoms with Gasteiger partial charge in [0.25, 0.3) is 0 Å². The number of fused-ring (bicyclic) bond motifs is 1. The first-order valence-electron chi connectivity index (χ1n) is 6.32. The van der Waals surface area contributed by atoms with Crippen molar-refractivity contribution in [1.29, 1.82) is 0 Å². The van der Waals surface area contributed by atoms with Crippen LogP contribution in [0.3, 0.4) is 0 Å². The minimum absolute atomic E-state index is 0. The quantitative estimate of drug-likeness (QED) is 0.693. The number of carboxylic acid groups (broad SMARTS) is 1. The molecule has 6 heteroatoms. The number of hydrogen-bond acceptors (Lipinski definition) is 4. The molecule has 0 aromatic heterocycles.